The monoisotopic (exact) mass is 373 g/mol. The summed E-state index contributed by atoms with van der Waals surface area (Å²) in [5.41, 5.74) is 2.42. The Morgan fingerprint density at radius 2 is 1.82 bits per heavy atom. The van der Waals surface area contributed by atoms with Crippen LogP contribution in [0.25, 0.3) is 10.9 Å². The number of aromatic nitrogens is 1. The topological polar surface area (TPSA) is 83.3 Å². The summed E-state index contributed by atoms with van der Waals surface area (Å²) in [4.78, 5) is 31.1. The van der Waals surface area contributed by atoms with Gasteiger partial charge in [0, 0.05) is 23.3 Å². The number of rotatable bonds is 6. The highest BCUT2D eigenvalue weighted by Crippen LogP contribution is 2.19. The summed E-state index contributed by atoms with van der Waals surface area (Å²) < 4.78 is 5.29. The zero-order chi connectivity index (χ0) is 19.9. The molecule has 1 aromatic heterocycles. The number of nitriles is 1. The molecule has 0 aliphatic rings. The van der Waals surface area contributed by atoms with Crippen LogP contribution in [0.1, 0.15) is 22.5 Å². The number of carbonyl (C=O) groups is 2. The van der Waals surface area contributed by atoms with Gasteiger partial charge in [0.2, 0.25) is 0 Å². The molecule has 0 fully saturated rings. The lowest BCUT2D eigenvalue weighted by atomic mass is 10.1. The molecule has 0 bridgehead atoms. The van der Waals surface area contributed by atoms with Crippen LogP contribution in [0, 0.1) is 18.3 Å². The molecule has 0 aliphatic carbocycles. The first-order valence-electron chi connectivity index (χ1n) is 8.86. The van der Waals surface area contributed by atoms with E-state index in [0.29, 0.717) is 27.8 Å². The van der Waals surface area contributed by atoms with E-state index in [1.807, 2.05) is 30.3 Å². The van der Waals surface area contributed by atoms with Crippen molar-refractivity contribution < 1.29 is 14.3 Å². The summed E-state index contributed by atoms with van der Waals surface area (Å²) in [6.45, 7) is 1.62. The van der Waals surface area contributed by atoms with Gasteiger partial charge in [-0.15, -0.1) is 0 Å². The van der Waals surface area contributed by atoms with Crippen molar-refractivity contribution in [1.82, 2.24) is 4.98 Å². The highest BCUT2D eigenvalue weighted by atomic mass is 16.5. The minimum atomic E-state index is -0.580. The highest BCUT2D eigenvalue weighted by molar-refractivity contribution is 6.04. The molecule has 1 heterocycles. The number of aryl methyl sites for hydroxylation is 1. The number of pyridine rings is 1. The predicted molar refractivity (Wildman–Crippen MR) is 106 cm³/mol. The molecular weight excluding hydrogens is 354 g/mol. The van der Waals surface area contributed by atoms with E-state index in [-0.39, 0.29) is 18.9 Å². The molecule has 28 heavy (non-hydrogen) atoms. The second-order valence-electron chi connectivity index (χ2n) is 6.19. The van der Waals surface area contributed by atoms with Crippen LogP contribution in [0.15, 0.2) is 60.7 Å². The third-order valence-corrected chi connectivity index (χ3v) is 4.21. The molecule has 0 radical (unpaired) electrons. The second kappa shape index (κ2) is 8.78. The number of esters is 1. The molecule has 0 atom stereocenters. The van der Waals surface area contributed by atoms with Gasteiger partial charge >= 0.3 is 5.97 Å². The number of hydrogen-bond donors (Lipinski definition) is 0. The minimum Gasteiger partial charge on any atom is -0.452 e. The number of hydrogen-bond acceptors (Lipinski definition) is 5. The zero-order valence-corrected chi connectivity index (χ0v) is 15.5. The van der Waals surface area contributed by atoms with Crippen LogP contribution in [0.4, 0.5) is 5.69 Å². The van der Waals surface area contributed by atoms with Gasteiger partial charge in [0.1, 0.15) is 0 Å². The summed E-state index contributed by atoms with van der Waals surface area (Å²) in [6, 6.07) is 20.0. The van der Waals surface area contributed by atoms with Gasteiger partial charge in [0.05, 0.1) is 23.6 Å². The number of fused-ring (bicyclic) bond motifs is 1. The number of carbonyl (C=O) groups excluding carboxylic acids is 2. The molecule has 1 amide bonds. The van der Waals surface area contributed by atoms with Gasteiger partial charge in [-0.2, -0.15) is 5.26 Å². The Hall–Kier alpha value is -3.72. The van der Waals surface area contributed by atoms with E-state index in [9.17, 15) is 9.59 Å². The molecule has 3 rings (SSSR count). The van der Waals surface area contributed by atoms with Gasteiger partial charge < -0.3 is 9.64 Å². The van der Waals surface area contributed by atoms with Crippen molar-refractivity contribution in [3.05, 3.63) is 71.9 Å². The standard InChI is InChI=1S/C22H19N3O3/c1-16-14-19(18-10-5-6-11-20(18)24-16)22(27)28-15-21(26)25(13-7-12-23)17-8-3-2-4-9-17/h2-6,8-11,14H,7,13,15H2,1H3. The van der Waals surface area contributed by atoms with E-state index in [0.717, 1.165) is 0 Å². The Morgan fingerprint density at radius 3 is 2.57 bits per heavy atom. The lowest BCUT2D eigenvalue weighted by Gasteiger charge is -2.21. The van der Waals surface area contributed by atoms with E-state index < -0.39 is 12.6 Å². The maximum absolute atomic E-state index is 12.6. The summed E-state index contributed by atoms with van der Waals surface area (Å²) in [7, 11) is 0. The zero-order valence-electron chi connectivity index (χ0n) is 15.5. The van der Waals surface area contributed by atoms with Crippen molar-refractivity contribution in [3.63, 3.8) is 0 Å². The quantitative estimate of drug-likeness (QED) is 0.616. The van der Waals surface area contributed by atoms with Crippen LogP contribution in [-0.4, -0.2) is 30.0 Å². The molecule has 2 aromatic carbocycles. The maximum Gasteiger partial charge on any atom is 0.339 e. The highest BCUT2D eigenvalue weighted by Gasteiger charge is 2.19. The van der Waals surface area contributed by atoms with Crippen LogP contribution in [-0.2, 0) is 9.53 Å². The Labute approximate surface area is 163 Å². The van der Waals surface area contributed by atoms with Gasteiger partial charge in [-0.1, -0.05) is 36.4 Å². The second-order valence-corrected chi connectivity index (χ2v) is 6.19. The van der Waals surface area contributed by atoms with Crippen LogP contribution in [0.5, 0.6) is 0 Å². The predicted octanol–water partition coefficient (Wildman–Crippen LogP) is 3.65. The maximum atomic E-state index is 12.6. The van der Waals surface area contributed by atoms with Crippen LogP contribution in [0.3, 0.4) is 0 Å². The molecule has 0 spiro atoms. The first-order valence-corrected chi connectivity index (χ1v) is 8.86. The number of ether oxygens (including phenoxy) is 1. The summed E-state index contributed by atoms with van der Waals surface area (Å²) in [5.74, 6) is -0.965. The lowest BCUT2D eigenvalue weighted by Crippen LogP contribution is -2.35. The van der Waals surface area contributed by atoms with Gasteiger partial charge in [0.15, 0.2) is 6.61 Å². The number of anilines is 1. The van der Waals surface area contributed by atoms with Crippen molar-refractivity contribution in [2.24, 2.45) is 0 Å². The van der Waals surface area contributed by atoms with Gasteiger partial charge in [-0.3, -0.25) is 9.78 Å². The van der Waals surface area contributed by atoms with E-state index in [4.69, 9.17) is 10.00 Å². The van der Waals surface area contributed by atoms with Crippen LogP contribution >= 0.6 is 0 Å². The number of benzene rings is 2. The molecule has 0 aliphatic heterocycles. The normalized spacial score (nSPS) is 10.3. The Kier molecular flexibility index (Phi) is 5.97. The molecule has 0 saturated carbocycles. The van der Waals surface area contributed by atoms with E-state index in [2.05, 4.69) is 4.98 Å². The molecule has 0 unspecified atom stereocenters. The van der Waals surface area contributed by atoms with Crippen molar-refractivity contribution in [3.8, 4) is 6.07 Å². The van der Waals surface area contributed by atoms with Gasteiger partial charge in [-0.25, -0.2) is 4.79 Å². The van der Waals surface area contributed by atoms with Crippen LogP contribution in [0.2, 0.25) is 0 Å². The average Bonchev–Trinajstić information content (AvgIpc) is 2.72. The van der Waals surface area contributed by atoms with E-state index >= 15 is 0 Å². The van der Waals surface area contributed by atoms with E-state index in [1.54, 1.807) is 43.3 Å². The number of para-hydroxylation sites is 2. The number of nitrogens with zero attached hydrogens (tertiary/aromatic N) is 3. The fourth-order valence-electron chi connectivity index (χ4n) is 2.93. The smallest absolute Gasteiger partial charge is 0.339 e. The summed E-state index contributed by atoms with van der Waals surface area (Å²) >= 11 is 0. The summed E-state index contributed by atoms with van der Waals surface area (Å²) in [6.07, 6.45) is 0.183. The first kappa shape index (κ1) is 19.1. The van der Waals surface area contributed by atoms with Crippen molar-refractivity contribution >= 4 is 28.5 Å². The molecule has 6 heteroatoms. The molecule has 140 valence electrons. The van der Waals surface area contributed by atoms with Gasteiger partial charge in [0.25, 0.3) is 5.91 Å². The third kappa shape index (κ3) is 4.33. The van der Waals surface area contributed by atoms with Crippen LogP contribution < -0.4 is 4.90 Å². The Bertz CT molecular complexity index is 1040. The minimum absolute atomic E-state index is 0.183. The Balaban J connectivity index is 1.76. The molecule has 6 nitrogen and oxygen atoms in total. The SMILES string of the molecule is Cc1cc(C(=O)OCC(=O)N(CCC#N)c2ccccc2)c2ccccc2n1. The third-order valence-electron chi connectivity index (χ3n) is 4.21. The fraction of sp³-hybridized carbons (Fsp3) is 0.182. The van der Waals surface area contributed by atoms with Crippen molar-refractivity contribution in [1.29, 1.82) is 5.26 Å². The molecule has 0 N–H and O–H groups in total. The van der Waals surface area contributed by atoms with Crippen molar-refractivity contribution in [2.45, 2.75) is 13.3 Å². The fourth-order valence-corrected chi connectivity index (χ4v) is 2.93. The van der Waals surface area contributed by atoms with E-state index in [1.165, 1.54) is 4.90 Å². The number of amides is 1. The summed E-state index contributed by atoms with van der Waals surface area (Å²) in [5, 5.41) is 9.53. The average molecular weight is 373 g/mol. The lowest BCUT2D eigenvalue weighted by molar-refractivity contribution is -0.121. The first-order chi connectivity index (χ1) is 13.6. The molecule has 0 saturated heterocycles. The molecular formula is C22H19N3O3. The Morgan fingerprint density at radius 1 is 1.11 bits per heavy atom. The largest absolute Gasteiger partial charge is 0.452 e. The molecule has 3 aromatic rings. The van der Waals surface area contributed by atoms with Crippen molar-refractivity contribution in [2.75, 3.05) is 18.1 Å². The van der Waals surface area contributed by atoms with Gasteiger partial charge in [-0.05, 0) is 31.2 Å².